The van der Waals surface area contributed by atoms with Crippen LogP contribution in [0.1, 0.15) is 26.7 Å². The number of nitrogens with one attached hydrogen (secondary N) is 1. The highest BCUT2D eigenvalue weighted by atomic mass is 16.5. The van der Waals surface area contributed by atoms with Crippen LogP contribution < -0.4 is 5.32 Å². The van der Waals surface area contributed by atoms with E-state index in [4.69, 9.17) is 14.9 Å². The third kappa shape index (κ3) is 8.30. The zero-order chi connectivity index (χ0) is 15.7. The summed E-state index contributed by atoms with van der Waals surface area (Å²) in [5.74, 6) is -2.37. The number of carboxylic acids is 2. The van der Waals surface area contributed by atoms with E-state index in [0.717, 1.165) is 0 Å². The third-order valence-electron chi connectivity index (χ3n) is 2.47. The fourth-order valence-electron chi connectivity index (χ4n) is 1.31. The maximum absolute atomic E-state index is 11.7. The molecule has 116 valence electrons. The number of carbonyl (C=O) groups excluding carboxylic acids is 1. The Bertz CT molecular complexity index is 345. The molecule has 20 heavy (non-hydrogen) atoms. The van der Waals surface area contributed by atoms with Gasteiger partial charge >= 0.3 is 18.0 Å². The van der Waals surface area contributed by atoms with Gasteiger partial charge in [-0.15, -0.1) is 0 Å². The van der Waals surface area contributed by atoms with Crippen molar-refractivity contribution >= 4 is 18.0 Å². The van der Waals surface area contributed by atoms with Crippen molar-refractivity contribution in [3.05, 3.63) is 0 Å². The predicted molar refractivity (Wildman–Crippen MR) is 70.5 cm³/mol. The lowest BCUT2D eigenvalue weighted by atomic mass is 10.1. The number of urea groups is 1. The summed E-state index contributed by atoms with van der Waals surface area (Å²) in [4.78, 5) is 34.4. The first-order valence-electron chi connectivity index (χ1n) is 6.31. The molecule has 1 unspecified atom stereocenters. The number of nitrogens with zero attached hydrogens (tertiary/aromatic N) is 1. The summed E-state index contributed by atoms with van der Waals surface area (Å²) in [5.41, 5.74) is 0. The Morgan fingerprint density at radius 1 is 1.25 bits per heavy atom. The number of hydrogen-bond donors (Lipinski definition) is 3. The first-order chi connectivity index (χ1) is 9.23. The molecule has 2 amide bonds. The highest BCUT2D eigenvalue weighted by molar-refractivity contribution is 5.82. The maximum Gasteiger partial charge on any atom is 0.326 e. The van der Waals surface area contributed by atoms with E-state index in [-0.39, 0.29) is 18.9 Å². The molecule has 0 radical (unpaired) electrons. The van der Waals surface area contributed by atoms with Gasteiger partial charge in [0.15, 0.2) is 0 Å². The smallest absolute Gasteiger partial charge is 0.326 e. The number of rotatable bonds is 9. The minimum atomic E-state index is -1.26. The number of amides is 2. The molecule has 0 aliphatic heterocycles. The molecule has 0 fully saturated rings. The van der Waals surface area contributed by atoms with E-state index in [1.165, 1.54) is 11.9 Å². The summed E-state index contributed by atoms with van der Waals surface area (Å²) in [7, 11) is 1.51. The van der Waals surface area contributed by atoms with E-state index >= 15 is 0 Å². The Morgan fingerprint density at radius 2 is 1.85 bits per heavy atom. The Morgan fingerprint density at radius 3 is 2.30 bits per heavy atom. The lowest BCUT2D eigenvalue weighted by Crippen LogP contribution is -2.47. The standard InChI is InChI=1S/C12H22N2O6/c1-8(2)20-7-6-14(3)12(19)13-9(11(17)18)4-5-10(15)16/h8-9H,4-7H2,1-3H3,(H,13,19)(H,15,16)(H,17,18). The molecule has 0 saturated carbocycles. The van der Waals surface area contributed by atoms with Gasteiger partial charge in [0.2, 0.25) is 0 Å². The number of carboxylic acid groups (broad SMARTS) is 2. The van der Waals surface area contributed by atoms with Gasteiger partial charge in [-0.25, -0.2) is 9.59 Å². The SMILES string of the molecule is CC(C)OCCN(C)C(=O)NC(CCC(=O)O)C(=O)O. The van der Waals surface area contributed by atoms with Gasteiger partial charge in [-0.2, -0.15) is 0 Å². The van der Waals surface area contributed by atoms with Crippen molar-refractivity contribution in [1.29, 1.82) is 0 Å². The molecular formula is C12H22N2O6. The molecule has 0 heterocycles. The van der Waals surface area contributed by atoms with Gasteiger partial charge in [-0.05, 0) is 20.3 Å². The van der Waals surface area contributed by atoms with Crippen molar-refractivity contribution in [3.8, 4) is 0 Å². The van der Waals surface area contributed by atoms with Crippen LogP contribution in [-0.4, -0.2) is 65.4 Å². The quantitative estimate of drug-likeness (QED) is 0.565. The number of aliphatic carboxylic acids is 2. The van der Waals surface area contributed by atoms with Crippen LogP contribution in [0.3, 0.4) is 0 Å². The highest BCUT2D eigenvalue weighted by Crippen LogP contribution is 1.99. The number of hydrogen-bond acceptors (Lipinski definition) is 4. The number of likely N-dealkylation sites (N-methyl/N-ethyl adjacent to an activating group) is 1. The van der Waals surface area contributed by atoms with Crippen molar-refractivity contribution in [2.45, 2.75) is 38.8 Å². The van der Waals surface area contributed by atoms with E-state index in [1.54, 1.807) is 0 Å². The van der Waals surface area contributed by atoms with Crippen molar-refractivity contribution in [2.75, 3.05) is 20.2 Å². The summed E-state index contributed by atoms with van der Waals surface area (Å²) >= 11 is 0. The molecule has 8 nitrogen and oxygen atoms in total. The average molecular weight is 290 g/mol. The fourth-order valence-corrected chi connectivity index (χ4v) is 1.31. The molecule has 0 aromatic rings. The minimum absolute atomic E-state index is 0.0498. The zero-order valence-corrected chi connectivity index (χ0v) is 12.0. The highest BCUT2D eigenvalue weighted by Gasteiger charge is 2.22. The van der Waals surface area contributed by atoms with Crippen LogP contribution in [0.2, 0.25) is 0 Å². The van der Waals surface area contributed by atoms with E-state index in [0.29, 0.717) is 13.2 Å². The van der Waals surface area contributed by atoms with Gasteiger partial charge in [0.05, 0.1) is 12.7 Å². The van der Waals surface area contributed by atoms with Crippen molar-refractivity contribution < 1.29 is 29.3 Å². The fraction of sp³-hybridized carbons (Fsp3) is 0.750. The van der Waals surface area contributed by atoms with Gasteiger partial charge < -0.3 is 25.2 Å². The van der Waals surface area contributed by atoms with Crippen LogP contribution in [0, 0.1) is 0 Å². The molecule has 0 aromatic carbocycles. The van der Waals surface area contributed by atoms with Crippen LogP contribution >= 0.6 is 0 Å². The third-order valence-corrected chi connectivity index (χ3v) is 2.47. The van der Waals surface area contributed by atoms with E-state index in [9.17, 15) is 14.4 Å². The van der Waals surface area contributed by atoms with Gasteiger partial charge in [0, 0.05) is 20.0 Å². The van der Waals surface area contributed by atoms with E-state index in [2.05, 4.69) is 5.32 Å². The molecule has 1 atom stereocenters. The molecule has 0 spiro atoms. The summed E-state index contributed by atoms with van der Waals surface area (Å²) in [6.45, 7) is 4.39. The molecule has 0 aliphatic rings. The summed E-state index contributed by atoms with van der Waals surface area (Å²) in [6.07, 6.45) is -0.432. The Labute approximate surface area is 117 Å². The average Bonchev–Trinajstić information content (AvgIpc) is 2.32. The molecule has 0 bridgehead atoms. The Balaban J connectivity index is 4.23. The van der Waals surface area contributed by atoms with Crippen molar-refractivity contribution in [2.24, 2.45) is 0 Å². The topological polar surface area (TPSA) is 116 Å². The van der Waals surface area contributed by atoms with Crippen molar-refractivity contribution in [3.63, 3.8) is 0 Å². The second-order valence-electron chi connectivity index (χ2n) is 4.61. The molecule has 0 saturated heterocycles. The Hall–Kier alpha value is -1.83. The molecule has 0 aromatic heterocycles. The molecule has 3 N–H and O–H groups in total. The van der Waals surface area contributed by atoms with Gasteiger partial charge in [0.1, 0.15) is 6.04 Å². The molecular weight excluding hydrogens is 268 g/mol. The molecule has 0 aliphatic carbocycles. The van der Waals surface area contributed by atoms with Gasteiger partial charge in [0.25, 0.3) is 0 Å². The van der Waals surface area contributed by atoms with Crippen LogP contribution in [0.5, 0.6) is 0 Å². The van der Waals surface area contributed by atoms with Crippen molar-refractivity contribution in [1.82, 2.24) is 10.2 Å². The minimum Gasteiger partial charge on any atom is -0.481 e. The van der Waals surface area contributed by atoms with Crippen LogP contribution in [0.4, 0.5) is 4.79 Å². The first kappa shape index (κ1) is 18.2. The van der Waals surface area contributed by atoms with E-state index < -0.39 is 24.0 Å². The van der Waals surface area contributed by atoms with Gasteiger partial charge in [-0.3, -0.25) is 4.79 Å². The second kappa shape index (κ2) is 9.13. The largest absolute Gasteiger partial charge is 0.481 e. The normalized spacial score (nSPS) is 12.0. The molecule has 8 heteroatoms. The van der Waals surface area contributed by atoms with Crippen LogP contribution in [-0.2, 0) is 14.3 Å². The summed E-state index contributed by atoms with van der Waals surface area (Å²) < 4.78 is 5.28. The monoisotopic (exact) mass is 290 g/mol. The second-order valence-corrected chi connectivity index (χ2v) is 4.61. The maximum atomic E-state index is 11.7. The number of carbonyl (C=O) groups is 3. The van der Waals surface area contributed by atoms with Gasteiger partial charge in [-0.1, -0.05) is 0 Å². The van der Waals surface area contributed by atoms with Crippen LogP contribution in [0.15, 0.2) is 0 Å². The van der Waals surface area contributed by atoms with E-state index in [1.807, 2.05) is 13.8 Å². The van der Waals surface area contributed by atoms with Crippen LogP contribution in [0.25, 0.3) is 0 Å². The predicted octanol–water partition coefficient (Wildman–Crippen LogP) is 0.371. The first-order valence-corrected chi connectivity index (χ1v) is 6.31. The number of ether oxygens (including phenoxy) is 1. The Kier molecular flexibility index (Phi) is 8.30. The summed E-state index contributed by atoms with van der Waals surface area (Å²) in [6, 6.07) is -1.79. The summed E-state index contributed by atoms with van der Waals surface area (Å²) in [5, 5.41) is 19.7. The molecule has 0 rings (SSSR count). The zero-order valence-electron chi connectivity index (χ0n) is 12.0. The lowest BCUT2D eigenvalue weighted by Gasteiger charge is -2.21. The lowest BCUT2D eigenvalue weighted by molar-refractivity contribution is -0.140.